The molecule has 2 N–H and O–H groups in total. The maximum absolute atomic E-state index is 6.64. The molecule has 1 nitrogen and oxygen atoms in total. The standard InChI is InChI=1S/C20H27N/c1-4-15(3)19(17-9-7-6-8-10-17)20(21)18-13-11-16(5-2)12-14-18/h6-15,19-20H,4-5,21H2,1-3H3. The van der Waals surface area contributed by atoms with Crippen LogP contribution in [0.1, 0.15) is 55.8 Å². The van der Waals surface area contributed by atoms with Gasteiger partial charge in [0.1, 0.15) is 0 Å². The average Bonchev–Trinajstić information content (AvgIpc) is 2.55. The first-order valence-electron chi connectivity index (χ1n) is 8.06. The normalized spacial score (nSPS) is 15.4. The van der Waals surface area contributed by atoms with Gasteiger partial charge in [-0.25, -0.2) is 0 Å². The Kier molecular flexibility index (Phi) is 5.58. The Hall–Kier alpha value is -1.60. The lowest BCUT2D eigenvalue weighted by molar-refractivity contribution is 0.388. The molecule has 0 bridgehead atoms. The Morgan fingerprint density at radius 3 is 2.00 bits per heavy atom. The van der Waals surface area contributed by atoms with Crippen LogP contribution in [0.3, 0.4) is 0 Å². The lowest BCUT2D eigenvalue weighted by Crippen LogP contribution is -2.25. The third-order valence-corrected chi connectivity index (χ3v) is 4.60. The van der Waals surface area contributed by atoms with Crippen LogP contribution in [0.25, 0.3) is 0 Å². The van der Waals surface area contributed by atoms with Crippen molar-refractivity contribution in [2.75, 3.05) is 0 Å². The molecular formula is C20H27N. The fourth-order valence-electron chi connectivity index (χ4n) is 3.00. The second kappa shape index (κ2) is 7.42. The molecule has 112 valence electrons. The van der Waals surface area contributed by atoms with Crippen LogP contribution in [0, 0.1) is 5.92 Å². The van der Waals surface area contributed by atoms with Crippen LogP contribution in [0.5, 0.6) is 0 Å². The lowest BCUT2D eigenvalue weighted by atomic mass is 9.78. The molecule has 0 fully saturated rings. The lowest BCUT2D eigenvalue weighted by Gasteiger charge is -2.30. The molecule has 0 radical (unpaired) electrons. The molecule has 21 heavy (non-hydrogen) atoms. The van der Waals surface area contributed by atoms with Gasteiger partial charge in [0.05, 0.1) is 0 Å². The third-order valence-electron chi connectivity index (χ3n) is 4.60. The van der Waals surface area contributed by atoms with Gasteiger partial charge in [-0.2, -0.15) is 0 Å². The zero-order valence-corrected chi connectivity index (χ0v) is 13.4. The van der Waals surface area contributed by atoms with E-state index in [2.05, 4.69) is 75.4 Å². The Labute approximate surface area is 129 Å². The van der Waals surface area contributed by atoms with Crippen molar-refractivity contribution < 1.29 is 0 Å². The van der Waals surface area contributed by atoms with Crippen molar-refractivity contribution in [1.29, 1.82) is 0 Å². The monoisotopic (exact) mass is 281 g/mol. The quantitative estimate of drug-likeness (QED) is 0.785. The molecule has 0 aliphatic rings. The fourth-order valence-corrected chi connectivity index (χ4v) is 3.00. The van der Waals surface area contributed by atoms with Gasteiger partial charge in [0, 0.05) is 12.0 Å². The maximum Gasteiger partial charge on any atom is 0.0367 e. The highest BCUT2D eigenvalue weighted by atomic mass is 14.7. The van der Waals surface area contributed by atoms with E-state index in [4.69, 9.17) is 5.73 Å². The number of aryl methyl sites for hydroxylation is 1. The van der Waals surface area contributed by atoms with Gasteiger partial charge in [-0.1, -0.05) is 81.8 Å². The third kappa shape index (κ3) is 3.74. The van der Waals surface area contributed by atoms with E-state index in [1.54, 1.807) is 0 Å². The van der Waals surface area contributed by atoms with Crippen LogP contribution in [0.15, 0.2) is 54.6 Å². The average molecular weight is 281 g/mol. The van der Waals surface area contributed by atoms with Crippen LogP contribution in [-0.4, -0.2) is 0 Å². The molecule has 0 amide bonds. The van der Waals surface area contributed by atoms with Gasteiger partial charge in [0.15, 0.2) is 0 Å². The second-order valence-corrected chi connectivity index (χ2v) is 5.94. The van der Waals surface area contributed by atoms with Crippen LogP contribution in [0.2, 0.25) is 0 Å². The van der Waals surface area contributed by atoms with Crippen molar-refractivity contribution in [3.63, 3.8) is 0 Å². The van der Waals surface area contributed by atoms with Crippen molar-refractivity contribution in [3.8, 4) is 0 Å². The summed E-state index contributed by atoms with van der Waals surface area (Å²) in [5.41, 5.74) is 10.6. The second-order valence-electron chi connectivity index (χ2n) is 5.94. The van der Waals surface area contributed by atoms with Gasteiger partial charge < -0.3 is 5.73 Å². The van der Waals surface area contributed by atoms with E-state index in [1.807, 2.05) is 0 Å². The highest BCUT2D eigenvalue weighted by Crippen LogP contribution is 2.36. The van der Waals surface area contributed by atoms with Crippen LogP contribution < -0.4 is 5.73 Å². The maximum atomic E-state index is 6.64. The summed E-state index contributed by atoms with van der Waals surface area (Å²) in [5, 5.41) is 0. The minimum absolute atomic E-state index is 0.0493. The van der Waals surface area contributed by atoms with Crippen LogP contribution in [0.4, 0.5) is 0 Å². The summed E-state index contributed by atoms with van der Waals surface area (Å²) in [7, 11) is 0. The topological polar surface area (TPSA) is 26.0 Å². The molecule has 3 unspecified atom stereocenters. The van der Waals surface area contributed by atoms with Gasteiger partial charge in [0.25, 0.3) is 0 Å². The summed E-state index contributed by atoms with van der Waals surface area (Å²) >= 11 is 0. The van der Waals surface area contributed by atoms with E-state index in [1.165, 1.54) is 16.7 Å². The minimum Gasteiger partial charge on any atom is -0.323 e. The van der Waals surface area contributed by atoms with E-state index in [9.17, 15) is 0 Å². The van der Waals surface area contributed by atoms with Crippen LogP contribution in [-0.2, 0) is 6.42 Å². The van der Waals surface area contributed by atoms with Gasteiger partial charge in [-0.05, 0) is 29.0 Å². The Morgan fingerprint density at radius 2 is 1.48 bits per heavy atom. The fraction of sp³-hybridized carbons (Fsp3) is 0.400. The zero-order chi connectivity index (χ0) is 15.2. The molecule has 0 aliphatic heterocycles. The number of benzene rings is 2. The van der Waals surface area contributed by atoms with E-state index in [0.29, 0.717) is 11.8 Å². The molecule has 2 aromatic carbocycles. The van der Waals surface area contributed by atoms with Crippen molar-refractivity contribution in [1.82, 2.24) is 0 Å². The minimum atomic E-state index is 0.0493. The molecule has 0 heterocycles. The number of hydrogen-bond acceptors (Lipinski definition) is 1. The first-order valence-corrected chi connectivity index (χ1v) is 8.06. The van der Waals surface area contributed by atoms with E-state index < -0.39 is 0 Å². The van der Waals surface area contributed by atoms with E-state index in [0.717, 1.165) is 12.8 Å². The van der Waals surface area contributed by atoms with Crippen molar-refractivity contribution in [2.45, 2.75) is 45.6 Å². The zero-order valence-electron chi connectivity index (χ0n) is 13.4. The molecule has 0 aliphatic carbocycles. The van der Waals surface area contributed by atoms with Crippen molar-refractivity contribution in [3.05, 3.63) is 71.3 Å². The molecule has 3 atom stereocenters. The Morgan fingerprint density at radius 1 is 0.857 bits per heavy atom. The number of hydrogen-bond donors (Lipinski definition) is 1. The van der Waals surface area contributed by atoms with E-state index in [-0.39, 0.29) is 6.04 Å². The summed E-state index contributed by atoms with van der Waals surface area (Å²) in [4.78, 5) is 0. The predicted octanol–water partition coefficient (Wildman–Crippen LogP) is 5.08. The molecule has 1 heteroatoms. The summed E-state index contributed by atoms with van der Waals surface area (Å²) < 4.78 is 0. The molecule has 0 aromatic heterocycles. The largest absolute Gasteiger partial charge is 0.323 e. The summed E-state index contributed by atoms with van der Waals surface area (Å²) in [5.74, 6) is 0.928. The molecule has 0 spiro atoms. The smallest absolute Gasteiger partial charge is 0.0367 e. The summed E-state index contributed by atoms with van der Waals surface area (Å²) in [6, 6.07) is 19.5. The molecule has 2 rings (SSSR count). The molecular weight excluding hydrogens is 254 g/mol. The van der Waals surface area contributed by atoms with Gasteiger partial charge in [-0.15, -0.1) is 0 Å². The van der Waals surface area contributed by atoms with Gasteiger partial charge >= 0.3 is 0 Å². The first-order chi connectivity index (χ1) is 10.2. The van der Waals surface area contributed by atoms with Gasteiger partial charge in [-0.3, -0.25) is 0 Å². The van der Waals surface area contributed by atoms with Gasteiger partial charge in [0.2, 0.25) is 0 Å². The summed E-state index contributed by atoms with van der Waals surface area (Å²) in [6.45, 7) is 6.73. The Balaban J connectivity index is 2.31. The molecule has 0 saturated heterocycles. The van der Waals surface area contributed by atoms with Crippen molar-refractivity contribution >= 4 is 0 Å². The van der Waals surface area contributed by atoms with Crippen LogP contribution >= 0.6 is 0 Å². The number of rotatable bonds is 6. The van der Waals surface area contributed by atoms with Crippen molar-refractivity contribution in [2.24, 2.45) is 11.7 Å². The Bertz CT molecular complexity index is 530. The SMILES string of the molecule is CCc1ccc(C(N)C(c2ccccc2)C(C)CC)cc1. The highest BCUT2D eigenvalue weighted by Gasteiger charge is 2.25. The predicted molar refractivity (Wildman–Crippen MR) is 91.4 cm³/mol. The summed E-state index contributed by atoms with van der Waals surface area (Å²) in [6.07, 6.45) is 2.21. The molecule has 2 aromatic rings. The first kappa shape index (κ1) is 15.8. The highest BCUT2D eigenvalue weighted by molar-refractivity contribution is 5.30. The molecule has 0 saturated carbocycles. The van der Waals surface area contributed by atoms with E-state index >= 15 is 0 Å². The number of nitrogens with two attached hydrogens (primary N) is 1.